The van der Waals surface area contributed by atoms with Crippen molar-refractivity contribution < 1.29 is 24.9 Å². The Morgan fingerprint density at radius 3 is 2.47 bits per heavy atom. The summed E-state index contributed by atoms with van der Waals surface area (Å²) in [5.74, 6) is 0.251. The summed E-state index contributed by atoms with van der Waals surface area (Å²) in [7, 11) is 0. The number of hydrogen-bond acceptors (Lipinski definition) is 4. The molecule has 0 amide bonds. The van der Waals surface area contributed by atoms with Crippen LogP contribution in [0.2, 0.25) is 0 Å². The number of rotatable bonds is 1. The summed E-state index contributed by atoms with van der Waals surface area (Å²) in [5, 5.41) is 31.9. The first kappa shape index (κ1) is 22.0. The molecule has 0 saturated heterocycles. The number of aliphatic hydroxyl groups is 2. The van der Waals surface area contributed by atoms with Gasteiger partial charge in [0.1, 0.15) is 11.9 Å². The van der Waals surface area contributed by atoms with Crippen molar-refractivity contribution in [3.8, 4) is 5.75 Å². The monoisotopic (exact) mass is 440 g/mol. The first-order valence-electron chi connectivity index (χ1n) is 12.0. The highest BCUT2D eigenvalue weighted by molar-refractivity contribution is 5.88. The molecule has 4 aliphatic rings. The smallest absolute Gasteiger partial charge is 0.335 e. The number of aromatic carboxylic acids is 1. The number of carbonyl (C=O) groups is 1. The number of aliphatic hydroxyl groups excluding tert-OH is 2. The Kier molecular flexibility index (Phi) is 4.69. The fourth-order valence-electron chi connectivity index (χ4n) is 7.84. The minimum Gasteiger partial charge on any atom is -0.486 e. The molecule has 174 valence electrons. The van der Waals surface area contributed by atoms with Crippen LogP contribution in [0.5, 0.6) is 5.75 Å². The maximum Gasteiger partial charge on any atom is 0.335 e. The zero-order valence-corrected chi connectivity index (χ0v) is 19.8. The summed E-state index contributed by atoms with van der Waals surface area (Å²) in [6.45, 7) is 11.1. The Morgan fingerprint density at radius 2 is 1.78 bits per heavy atom. The molecule has 0 unspecified atom stereocenters. The molecule has 3 aliphatic carbocycles. The van der Waals surface area contributed by atoms with Crippen molar-refractivity contribution >= 4 is 5.97 Å². The van der Waals surface area contributed by atoms with E-state index >= 15 is 0 Å². The molecular weight excluding hydrogens is 404 g/mol. The molecule has 1 heterocycles. The van der Waals surface area contributed by atoms with Crippen LogP contribution in [0.25, 0.3) is 0 Å². The van der Waals surface area contributed by atoms with E-state index in [2.05, 4.69) is 34.6 Å². The molecule has 3 N–H and O–H groups in total. The molecule has 1 saturated carbocycles. The van der Waals surface area contributed by atoms with Gasteiger partial charge in [-0.25, -0.2) is 4.79 Å². The second kappa shape index (κ2) is 6.83. The third kappa shape index (κ3) is 2.80. The van der Waals surface area contributed by atoms with E-state index in [4.69, 9.17) is 4.74 Å². The van der Waals surface area contributed by atoms with Crippen molar-refractivity contribution in [2.45, 2.75) is 85.0 Å². The van der Waals surface area contributed by atoms with E-state index in [0.29, 0.717) is 12.8 Å². The molecule has 5 heteroatoms. The average molecular weight is 441 g/mol. The lowest BCUT2D eigenvalue weighted by molar-refractivity contribution is -0.112. The quantitative estimate of drug-likeness (QED) is 0.556. The maximum atomic E-state index is 11.6. The fraction of sp³-hybridized carbons (Fsp3) is 0.667. The normalized spacial score (nSPS) is 42.2. The summed E-state index contributed by atoms with van der Waals surface area (Å²) < 4.78 is 6.67. The van der Waals surface area contributed by atoms with Crippen molar-refractivity contribution in [3.63, 3.8) is 0 Å². The van der Waals surface area contributed by atoms with Gasteiger partial charge in [0.2, 0.25) is 0 Å². The SMILES string of the molecule is C[C@@H]1C[C@H](O)C2=C3[C@@H](C[C@@H]4C(C)(C)[C@H](O)CC[C@@]24C)Oc2ccc(C(=O)O)cc2C[C@@]31C. The Morgan fingerprint density at radius 1 is 1.06 bits per heavy atom. The zero-order chi connectivity index (χ0) is 23.2. The molecule has 32 heavy (non-hydrogen) atoms. The predicted octanol–water partition coefficient (Wildman–Crippen LogP) is 4.60. The number of benzene rings is 1. The fourth-order valence-corrected chi connectivity index (χ4v) is 7.84. The van der Waals surface area contributed by atoms with Crippen LogP contribution in [-0.4, -0.2) is 39.6 Å². The van der Waals surface area contributed by atoms with Crippen LogP contribution in [0.4, 0.5) is 0 Å². The van der Waals surface area contributed by atoms with E-state index in [1.807, 2.05) is 0 Å². The molecule has 0 radical (unpaired) electrons. The lowest BCUT2D eigenvalue weighted by Crippen LogP contribution is -2.59. The molecule has 1 aliphatic heterocycles. The van der Waals surface area contributed by atoms with E-state index in [0.717, 1.165) is 36.1 Å². The maximum absolute atomic E-state index is 11.6. The van der Waals surface area contributed by atoms with Crippen molar-refractivity contribution in [1.82, 2.24) is 0 Å². The molecule has 5 rings (SSSR count). The number of hydrogen-bond donors (Lipinski definition) is 3. The van der Waals surface area contributed by atoms with E-state index in [1.165, 1.54) is 5.57 Å². The Hall–Kier alpha value is -1.85. The number of carboxylic acid groups (broad SMARTS) is 1. The van der Waals surface area contributed by atoms with Crippen molar-refractivity contribution in [2.24, 2.45) is 28.1 Å². The summed E-state index contributed by atoms with van der Waals surface area (Å²) in [6, 6.07) is 5.18. The first-order valence-corrected chi connectivity index (χ1v) is 12.0. The zero-order valence-electron chi connectivity index (χ0n) is 19.8. The number of fused-ring (bicyclic) bond motifs is 3. The van der Waals surface area contributed by atoms with Crippen LogP contribution >= 0.6 is 0 Å². The molecule has 1 fully saturated rings. The Labute approximate surface area is 190 Å². The lowest BCUT2D eigenvalue weighted by atomic mass is 9.44. The largest absolute Gasteiger partial charge is 0.486 e. The molecule has 1 aromatic carbocycles. The van der Waals surface area contributed by atoms with Crippen LogP contribution < -0.4 is 4.74 Å². The summed E-state index contributed by atoms with van der Waals surface area (Å²) in [4.78, 5) is 11.6. The molecule has 0 bridgehead atoms. The van der Waals surface area contributed by atoms with Gasteiger partial charge in [-0.15, -0.1) is 0 Å². The summed E-state index contributed by atoms with van der Waals surface area (Å²) in [5.41, 5.74) is 2.93. The van der Waals surface area contributed by atoms with Gasteiger partial charge in [0, 0.05) is 0 Å². The second-order valence-electron chi connectivity index (χ2n) is 11.9. The van der Waals surface area contributed by atoms with Gasteiger partial charge in [0.25, 0.3) is 0 Å². The van der Waals surface area contributed by atoms with E-state index < -0.39 is 12.1 Å². The molecular formula is C27H36O5. The van der Waals surface area contributed by atoms with Gasteiger partial charge in [-0.2, -0.15) is 0 Å². The summed E-state index contributed by atoms with van der Waals surface area (Å²) in [6.07, 6.45) is 2.76. The van der Waals surface area contributed by atoms with Crippen LogP contribution in [0.15, 0.2) is 29.3 Å². The highest BCUT2D eigenvalue weighted by Gasteiger charge is 2.62. The van der Waals surface area contributed by atoms with Crippen LogP contribution in [-0.2, 0) is 6.42 Å². The minimum atomic E-state index is -0.930. The lowest BCUT2D eigenvalue weighted by Gasteiger charge is -2.62. The van der Waals surface area contributed by atoms with E-state index in [-0.39, 0.29) is 45.9 Å². The standard InChI is InChI=1S/C27H36O5/c1-14-10-17(28)22-23-19(12-20-25(2,3)21(29)8-9-26(20,22)4)32-18-7-6-15(24(30)31)11-16(18)13-27(14,23)5/h6-7,11,14,17,19-21,28-29H,8-10,12-13H2,1-5H3,(H,30,31)/t14-,17+,19-,20-,21-,26-,27-/m1/s1. The van der Waals surface area contributed by atoms with Crippen molar-refractivity contribution in [1.29, 1.82) is 0 Å². The van der Waals surface area contributed by atoms with Crippen LogP contribution in [0, 0.1) is 28.1 Å². The second-order valence-corrected chi connectivity index (χ2v) is 11.9. The minimum absolute atomic E-state index is 0.174. The Balaban J connectivity index is 1.74. The van der Waals surface area contributed by atoms with E-state index in [1.54, 1.807) is 18.2 Å². The molecule has 1 aromatic rings. The van der Waals surface area contributed by atoms with Gasteiger partial charge < -0.3 is 20.1 Å². The van der Waals surface area contributed by atoms with Gasteiger partial charge >= 0.3 is 5.97 Å². The summed E-state index contributed by atoms with van der Waals surface area (Å²) >= 11 is 0. The number of carboxylic acids is 1. The van der Waals surface area contributed by atoms with E-state index in [9.17, 15) is 20.1 Å². The highest BCUT2D eigenvalue weighted by atomic mass is 16.5. The molecule has 7 atom stereocenters. The van der Waals surface area contributed by atoms with Gasteiger partial charge in [-0.05, 0) is 95.1 Å². The van der Waals surface area contributed by atoms with Gasteiger partial charge in [-0.1, -0.05) is 34.6 Å². The Bertz CT molecular complexity index is 1010. The average Bonchev–Trinajstić information content (AvgIpc) is 2.83. The van der Waals surface area contributed by atoms with Crippen LogP contribution in [0.3, 0.4) is 0 Å². The topological polar surface area (TPSA) is 87.0 Å². The van der Waals surface area contributed by atoms with Gasteiger partial charge in [0.15, 0.2) is 0 Å². The molecule has 0 aromatic heterocycles. The number of ether oxygens (including phenoxy) is 1. The van der Waals surface area contributed by atoms with Gasteiger partial charge in [-0.3, -0.25) is 0 Å². The predicted molar refractivity (Wildman–Crippen MR) is 122 cm³/mol. The van der Waals surface area contributed by atoms with Crippen molar-refractivity contribution in [2.75, 3.05) is 0 Å². The highest BCUT2D eigenvalue weighted by Crippen LogP contribution is 2.66. The van der Waals surface area contributed by atoms with Crippen LogP contribution in [0.1, 0.15) is 76.2 Å². The third-order valence-corrected chi connectivity index (χ3v) is 9.89. The molecule has 5 nitrogen and oxygen atoms in total. The molecule has 0 spiro atoms. The third-order valence-electron chi connectivity index (χ3n) is 9.89. The first-order chi connectivity index (χ1) is 14.9. The van der Waals surface area contributed by atoms with Gasteiger partial charge in [0.05, 0.1) is 17.8 Å². The van der Waals surface area contributed by atoms with Crippen molar-refractivity contribution in [3.05, 3.63) is 40.5 Å².